The van der Waals surface area contributed by atoms with E-state index in [9.17, 15) is 22.8 Å². The van der Waals surface area contributed by atoms with Crippen LogP contribution in [0, 0.1) is 6.92 Å². The molecule has 1 aromatic rings. The van der Waals surface area contributed by atoms with Gasteiger partial charge in [0, 0.05) is 6.61 Å². The molecule has 6 nitrogen and oxygen atoms in total. The molecule has 10 heteroatoms. The number of carboxylic acid groups (broad SMARTS) is 1. The number of anilines is 1. The zero-order valence-electron chi connectivity index (χ0n) is 11.5. The van der Waals surface area contributed by atoms with Crippen molar-refractivity contribution < 1.29 is 32.6 Å². The van der Waals surface area contributed by atoms with E-state index in [0.29, 0.717) is 35.7 Å². The van der Waals surface area contributed by atoms with Crippen molar-refractivity contribution in [3.63, 3.8) is 0 Å². The number of aryl methyl sites for hydroxylation is 1. The predicted molar refractivity (Wildman–Crippen MR) is 71.2 cm³/mol. The Hall–Kier alpha value is -1.68. The maximum Gasteiger partial charge on any atom is 0.471 e. The number of carboxylic acids is 1. The molecule has 1 aliphatic rings. The number of carbonyl (C=O) groups is 2. The summed E-state index contributed by atoms with van der Waals surface area (Å²) in [4.78, 5) is 26.7. The van der Waals surface area contributed by atoms with Gasteiger partial charge in [-0.2, -0.15) is 13.2 Å². The molecule has 1 unspecified atom stereocenters. The van der Waals surface area contributed by atoms with Crippen molar-refractivity contribution in [1.29, 1.82) is 0 Å². The summed E-state index contributed by atoms with van der Waals surface area (Å²) in [6, 6.07) is 0. The Bertz CT molecular complexity index is 581. The average molecular weight is 338 g/mol. The van der Waals surface area contributed by atoms with Crippen LogP contribution >= 0.6 is 11.3 Å². The van der Waals surface area contributed by atoms with Crippen molar-refractivity contribution in [2.45, 2.75) is 32.0 Å². The summed E-state index contributed by atoms with van der Waals surface area (Å²) < 4.78 is 43.5. The topological polar surface area (TPSA) is 79.7 Å². The minimum absolute atomic E-state index is 0.0693. The first-order valence-electron chi connectivity index (χ1n) is 6.41. The average Bonchev–Trinajstić information content (AvgIpc) is 3.03. The van der Waals surface area contributed by atoms with E-state index in [1.807, 2.05) is 0 Å². The number of rotatable bonds is 4. The monoisotopic (exact) mass is 338 g/mol. The van der Waals surface area contributed by atoms with Gasteiger partial charge in [0.15, 0.2) is 5.13 Å². The smallest absolute Gasteiger partial charge is 0.471 e. The lowest BCUT2D eigenvalue weighted by atomic mass is 10.2. The van der Waals surface area contributed by atoms with Crippen molar-refractivity contribution in [3.05, 3.63) is 10.6 Å². The molecule has 0 radical (unpaired) electrons. The number of hydrogen-bond donors (Lipinski definition) is 1. The van der Waals surface area contributed by atoms with E-state index in [0.717, 1.165) is 0 Å². The second kappa shape index (κ2) is 6.21. The second-order valence-corrected chi connectivity index (χ2v) is 5.74. The molecular weight excluding hydrogens is 325 g/mol. The van der Waals surface area contributed by atoms with Gasteiger partial charge >= 0.3 is 18.1 Å². The standard InChI is InChI=1S/C12H13F3N2O4S/c1-6-8(9(18)19)22-11(16-6)17(10(20)12(13,14)15)5-7-3-2-4-21-7/h7H,2-5H2,1H3,(H,18,19). The van der Waals surface area contributed by atoms with E-state index in [2.05, 4.69) is 4.98 Å². The highest BCUT2D eigenvalue weighted by Gasteiger charge is 2.45. The summed E-state index contributed by atoms with van der Waals surface area (Å²) in [5, 5.41) is 8.68. The summed E-state index contributed by atoms with van der Waals surface area (Å²) >= 11 is 0.542. The van der Waals surface area contributed by atoms with E-state index in [1.54, 1.807) is 0 Å². The molecular formula is C12H13F3N2O4S. The molecule has 0 aromatic carbocycles. The highest BCUT2D eigenvalue weighted by molar-refractivity contribution is 7.17. The van der Waals surface area contributed by atoms with E-state index in [-0.39, 0.29) is 22.2 Å². The van der Waals surface area contributed by atoms with Crippen LogP contribution in [0.4, 0.5) is 18.3 Å². The minimum Gasteiger partial charge on any atom is -0.477 e. The Morgan fingerprint density at radius 2 is 2.18 bits per heavy atom. The number of halogens is 3. The first-order valence-corrected chi connectivity index (χ1v) is 7.23. The van der Waals surface area contributed by atoms with Gasteiger partial charge < -0.3 is 9.84 Å². The van der Waals surface area contributed by atoms with Crippen molar-refractivity contribution in [2.24, 2.45) is 0 Å². The van der Waals surface area contributed by atoms with E-state index >= 15 is 0 Å². The van der Waals surface area contributed by atoms with Crippen molar-refractivity contribution in [2.75, 3.05) is 18.1 Å². The number of hydrogen-bond acceptors (Lipinski definition) is 5. The summed E-state index contributed by atoms with van der Waals surface area (Å²) in [5.74, 6) is -3.37. The number of carbonyl (C=O) groups excluding carboxylic acids is 1. The second-order valence-electron chi connectivity index (χ2n) is 4.76. The number of alkyl halides is 3. The fourth-order valence-corrected chi connectivity index (χ4v) is 3.00. The van der Waals surface area contributed by atoms with E-state index in [4.69, 9.17) is 9.84 Å². The molecule has 0 spiro atoms. The summed E-state index contributed by atoms with van der Waals surface area (Å²) in [7, 11) is 0. The Kier molecular flexibility index (Phi) is 4.71. The zero-order chi connectivity index (χ0) is 16.5. The molecule has 1 aromatic heterocycles. The molecule has 1 fully saturated rings. The lowest BCUT2D eigenvalue weighted by molar-refractivity contribution is -0.170. The molecule has 0 bridgehead atoms. The quantitative estimate of drug-likeness (QED) is 0.911. The first kappa shape index (κ1) is 16.7. The van der Waals surface area contributed by atoms with Crippen molar-refractivity contribution in [3.8, 4) is 0 Å². The number of aromatic carboxylic acids is 1. The SMILES string of the molecule is Cc1nc(N(CC2CCCO2)C(=O)C(F)(F)F)sc1C(=O)O. The zero-order valence-corrected chi connectivity index (χ0v) is 12.3. The Morgan fingerprint density at radius 1 is 1.50 bits per heavy atom. The Balaban J connectivity index is 2.32. The molecule has 1 aliphatic heterocycles. The lowest BCUT2D eigenvalue weighted by Crippen LogP contribution is -2.45. The fourth-order valence-electron chi connectivity index (χ4n) is 2.09. The van der Waals surface area contributed by atoms with Gasteiger partial charge in [-0.05, 0) is 19.8 Å². The Morgan fingerprint density at radius 3 is 2.64 bits per heavy atom. The van der Waals surface area contributed by atoms with Crippen LogP contribution in [0.5, 0.6) is 0 Å². The molecule has 1 saturated heterocycles. The third kappa shape index (κ3) is 3.55. The van der Waals surface area contributed by atoms with Crippen LogP contribution in [0.25, 0.3) is 0 Å². The van der Waals surface area contributed by atoms with Crippen LogP contribution in [0.1, 0.15) is 28.2 Å². The molecule has 22 heavy (non-hydrogen) atoms. The van der Waals surface area contributed by atoms with Gasteiger partial charge in [-0.25, -0.2) is 9.78 Å². The van der Waals surface area contributed by atoms with Gasteiger partial charge in [-0.3, -0.25) is 9.69 Å². The predicted octanol–water partition coefficient (Wildman–Crippen LogP) is 2.22. The molecule has 0 saturated carbocycles. The molecule has 2 heterocycles. The molecule has 1 N–H and O–H groups in total. The van der Waals surface area contributed by atoms with Crippen LogP contribution in [-0.4, -0.2) is 47.4 Å². The molecule has 1 atom stereocenters. The highest BCUT2D eigenvalue weighted by Crippen LogP contribution is 2.31. The fraction of sp³-hybridized carbons (Fsp3) is 0.583. The third-order valence-electron chi connectivity index (χ3n) is 3.11. The first-order chi connectivity index (χ1) is 10.2. The number of ether oxygens (including phenoxy) is 1. The van der Waals surface area contributed by atoms with Crippen LogP contribution in [0.15, 0.2) is 0 Å². The molecule has 2 rings (SSSR count). The largest absolute Gasteiger partial charge is 0.477 e. The van der Waals surface area contributed by atoms with Crippen LogP contribution in [0.2, 0.25) is 0 Å². The van der Waals surface area contributed by atoms with Gasteiger partial charge in [0.2, 0.25) is 0 Å². The van der Waals surface area contributed by atoms with Crippen LogP contribution in [-0.2, 0) is 9.53 Å². The van der Waals surface area contributed by atoms with Gasteiger partial charge in [0.25, 0.3) is 0 Å². The summed E-state index contributed by atoms with van der Waals surface area (Å²) in [6.45, 7) is 1.49. The summed E-state index contributed by atoms with van der Waals surface area (Å²) in [6.07, 6.45) is -4.33. The van der Waals surface area contributed by atoms with Gasteiger partial charge in [-0.15, -0.1) is 0 Å². The maximum atomic E-state index is 12.8. The number of thiazole rings is 1. The van der Waals surface area contributed by atoms with E-state index < -0.39 is 24.2 Å². The van der Waals surface area contributed by atoms with Crippen molar-refractivity contribution in [1.82, 2.24) is 4.98 Å². The van der Waals surface area contributed by atoms with Gasteiger partial charge in [-0.1, -0.05) is 11.3 Å². The number of amides is 1. The summed E-state index contributed by atoms with van der Waals surface area (Å²) in [5.41, 5.74) is 0.0693. The van der Waals surface area contributed by atoms with Crippen LogP contribution in [0.3, 0.4) is 0 Å². The van der Waals surface area contributed by atoms with E-state index in [1.165, 1.54) is 6.92 Å². The minimum atomic E-state index is -5.07. The lowest BCUT2D eigenvalue weighted by Gasteiger charge is -2.23. The third-order valence-corrected chi connectivity index (χ3v) is 4.28. The molecule has 1 amide bonds. The highest BCUT2D eigenvalue weighted by atomic mass is 32.1. The number of aromatic nitrogens is 1. The van der Waals surface area contributed by atoms with Gasteiger partial charge in [0.1, 0.15) is 4.88 Å². The van der Waals surface area contributed by atoms with Gasteiger partial charge in [0.05, 0.1) is 18.3 Å². The molecule has 122 valence electrons. The van der Waals surface area contributed by atoms with Crippen molar-refractivity contribution >= 4 is 28.3 Å². The van der Waals surface area contributed by atoms with Crippen LogP contribution < -0.4 is 4.90 Å². The Labute approximate surface area is 127 Å². The molecule has 0 aliphatic carbocycles. The maximum absolute atomic E-state index is 12.8. The normalized spacial score (nSPS) is 18.5. The number of nitrogens with zero attached hydrogens (tertiary/aromatic N) is 2.